The van der Waals surface area contributed by atoms with E-state index in [-0.39, 0.29) is 6.61 Å². The molecule has 2 atom stereocenters. The summed E-state index contributed by atoms with van der Waals surface area (Å²) in [6, 6.07) is 1.63. The Hall–Kier alpha value is -1.95. The van der Waals surface area contributed by atoms with E-state index in [9.17, 15) is 14.7 Å². The van der Waals surface area contributed by atoms with E-state index < -0.39 is 23.0 Å². The molecule has 0 saturated heterocycles. The van der Waals surface area contributed by atoms with E-state index in [0.29, 0.717) is 30.4 Å². The summed E-state index contributed by atoms with van der Waals surface area (Å²) in [6.45, 7) is 1.95. The van der Waals surface area contributed by atoms with Crippen LogP contribution in [0.4, 0.5) is 0 Å². The number of amides is 1. The van der Waals surface area contributed by atoms with Crippen molar-refractivity contribution in [3.8, 4) is 0 Å². The number of nitrogens with zero attached hydrogens (tertiary/aromatic N) is 1. The van der Waals surface area contributed by atoms with Crippen molar-refractivity contribution in [2.75, 3.05) is 6.61 Å². The van der Waals surface area contributed by atoms with E-state index >= 15 is 0 Å². The van der Waals surface area contributed by atoms with Gasteiger partial charge in [0.25, 0.3) is 5.91 Å². The minimum absolute atomic E-state index is 0.227. The number of carbonyl (C=O) groups is 2. The molecule has 0 unspecified atom stereocenters. The highest BCUT2D eigenvalue weighted by atomic mass is 16.5. The molecule has 1 amide bonds. The summed E-state index contributed by atoms with van der Waals surface area (Å²) in [6.07, 6.45) is 4.36. The zero-order chi connectivity index (χ0) is 14.4. The van der Waals surface area contributed by atoms with Crippen LogP contribution in [0.3, 0.4) is 0 Å². The van der Waals surface area contributed by atoms with Gasteiger partial charge < -0.3 is 15.2 Å². The molecule has 1 fully saturated rings. The summed E-state index contributed by atoms with van der Waals surface area (Å²) < 4.78 is 5.17. The fourth-order valence-electron chi connectivity index (χ4n) is 3.39. The molecule has 20 heavy (non-hydrogen) atoms. The third-order valence-corrected chi connectivity index (χ3v) is 4.27. The number of aromatic nitrogens is 1. The van der Waals surface area contributed by atoms with E-state index in [1.54, 1.807) is 13.0 Å². The minimum atomic E-state index is -1.58. The van der Waals surface area contributed by atoms with Crippen molar-refractivity contribution in [1.82, 2.24) is 10.3 Å². The smallest absolute Gasteiger partial charge is 0.321 e. The van der Waals surface area contributed by atoms with Crippen molar-refractivity contribution < 1.29 is 19.4 Å². The Bertz CT molecular complexity index is 588. The van der Waals surface area contributed by atoms with Gasteiger partial charge in [0.2, 0.25) is 0 Å². The Labute approximate surface area is 116 Å². The van der Waals surface area contributed by atoms with E-state index in [4.69, 9.17) is 4.74 Å². The van der Waals surface area contributed by atoms with Gasteiger partial charge >= 0.3 is 5.97 Å². The van der Waals surface area contributed by atoms with Gasteiger partial charge in [-0.1, -0.05) is 0 Å². The maximum Gasteiger partial charge on any atom is 0.321 e. The zero-order valence-electron chi connectivity index (χ0n) is 11.2. The van der Waals surface area contributed by atoms with Crippen LogP contribution in [0.25, 0.3) is 0 Å². The number of aliphatic hydroxyl groups is 1. The topological polar surface area (TPSA) is 88.5 Å². The molecule has 1 aromatic rings. The molecule has 6 nitrogen and oxygen atoms in total. The molecule has 2 N–H and O–H groups in total. The van der Waals surface area contributed by atoms with Crippen LogP contribution in [0.1, 0.15) is 42.1 Å². The van der Waals surface area contributed by atoms with E-state index in [1.165, 1.54) is 12.4 Å². The highest BCUT2D eigenvalue weighted by Gasteiger charge is 2.65. The second-order valence-electron chi connectivity index (χ2n) is 5.22. The number of hydrogen-bond acceptors (Lipinski definition) is 5. The van der Waals surface area contributed by atoms with Crippen LogP contribution in [0, 0.1) is 0 Å². The van der Waals surface area contributed by atoms with Crippen LogP contribution in [0.5, 0.6) is 0 Å². The number of nitrogens with one attached hydrogen (secondary N) is 1. The van der Waals surface area contributed by atoms with Crippen LogP contribution in [-0.4, -0.2) is 34.3 Å². The van der Waals surface area contributed by atoms with Crippen molar-refractivity contribution in [3.63, 3.8) is 0 Å². The van der Waals surface area contributed by atoms with Gasteiger partial charge in [-0.3, -0.25) is 14.6 Å². The fourth-order valence-corrected chi connectivity index (χ4v) is 3.39. The molecule has 0 bridgehead atoms. The molecular weight excluding hydrogens is 260 g/mol. The maximum absolute atomic E-state index is 12.5. The molecule has 6 heteroatoms. The number of rotatable bonds is 2. The molecule has 0 aromatic carbocycles. The molecular formula is C14H16N2O4. The molecule has 1 saturated carbocycles. The lowest BCUT2D eigenvalue weighted by molar-refractivity contribution is -0.162. The largest absolute Gasteiger partial charge is 0.465 e. The first-order chi connectivity index (χ1) is 9.55. The summed E-state index contributed by atoms with van der Waals surface area (Å²) in [4.78, 5) is 28.5. The molecule has 1 aliphatic carbocycles. The first-order valence-corrected chi connectivity index (χ1v) is 6.72. The van der Waals surface area contributed by atoms with Crippen molar-refractivity contribution in [1.29, 1.82) is 0 Å². The van der Waals surface area contributed by atoms with E-state index in [2.05, 4.69) is 10.3 Å². The zero-order valence-corrected chi connectivity index (χ0v) is 11.2. The second kappa shape index (κ2) is 4.28. The molecule has 1 aromatic heterocycles. The van der Waals surface area contributed by atoms with Gasteiger partial charge in [0.1, 0.15) is 5.41 Å². The average Bonchev–Trinajstić information content (AvgIpc) is 2.77. The highest BCUT2D eigenvalue weighted by Crippen LogP contribution is 2.51. The van der Waals surface area contributed by atoms with Crippen LogP contribution < -0.4 is 5.32 Å². The number of hydrogen-bond donors (Lipinski definition) is 2. The van der Waals surface area contributed by atoms with Gasteiger partial charge in [0, 0.05) is 12.4 Å². The van der Waals surface area contributed by atoms with Gasteiger partial charge in [-0.2, -0.15) is 0 Å². The number of esters is 1. The third-order valence-electron chi connectivity index (χ3n) is 4.27. The van der Waals surface area contributed by atoms with E-state index in [0.717, 1.165) is 0 Å². The normalized spacial score (nSPS) is 31.2. The quantitative estimate of drug-likeness (QED) is 0.768. The average molecular weight is 276 g/mol. The fraction of sp³-hybridized carbons (Fsp3) is 0.500. The minimum Gasteiger partial charge on any atom is -0.465 e. The summed E-state index contributed by atoms with van der Waals surface area (Å²) >= 11 is 0. The predicted octanol–water partition coefficient (Wildman–Crippen LogP) is 0.498. The van der Waals surface area contributed by atoms with Crippen molar-refractivity contribution >= 4 is 11.9 Å². The summed E-state index contributed by atoms with van der Waals surface area (Å²) in [5, 5.41) is 13.4. The Balaban J connectivity index is 2.24. The van der Waals surface area contributed by atoms with Gasteiger partial charge in [0.15, 0.2) is 5.72 Å². The first kappa shape index (κ1) is 13.1. The second-order valence-corrected chi connectivity index (χ2v) is 5.22. The molecule has 0 radical (unpaired) electrons. The van der Waals surface area contributed by atoms with E-state index in [1.807, 2.05) is 0 Å². The van der Waals surface area contributed by atoms with Crippen molar-refractivity contribution in [2.45, 2.75) is 37.3 Å². The lowest BCUT2D eigenvalue weighted by Gasteiger charge is -2.44. The van der Waals surface area contributed by atoms with Gasteiger partial charge in [-0.15, -0.1) is 0 Å². The number of pyridine rings is 1. The monoisotopic (exact) mass is 276 g/mol. The van der Waals surface area contributed by atoms with Crippen LogP contribution in [0.15, 0.2) is 18.5 Å². The first-order valence-electron chi connectivity index (χ1n) is 6.72. The van der Waals surface area contributed by atoms with Gasteiger partial charge in [-0.25, -0.2) is 0 Å². The Morgan fingerprint density at radius 3 is 3.10 bits per heavy atom. The van der Waals surface area contributed by atoms with Crippen molar-refractivity contribution in [2.24, 2.45) is 0 Å². The Morgan fingerprint density at radius 2 is 2.35 bits per heavy atom. The lowest BCUT2D eigenvalue weighted by Crippen LogP contribution is -2.66. The molecule has 3 rings (SSSR count). The van der Waals surface area contributed by atoms with Crippen LogP contribution in [0.2, 0.25) is 0 Å². The maximum atomic E-state index is 12.5. The predicted molar refractivity (Wildman–Crippen MR) is 68.8 cm³/mol. The lowest BCUT2D eigenvalue weighted by atomic mass is 9.69. The molecule has 106 valence electrons. The summed E-state index contributed by atoms with van der Waals surface area (Å²) in [7, 11) is 0. The van der Waals surface area contributed by atoms with Crippen molar-refractivity contribution in [3.05, 3.63) is 29.6 Å². The summed E-state index contributed by atoms with van der Waals surface area (Å²) in [5.74, 6) is -0.898. The SMILES string of the molecule is CCOC(=O)[C@@]12CCC[C@]1(O)NC(=O)c1cnccc12. The highest BCUT2D eigenvalue weighted by molar-refractivity contribution is 6.02. The molecule has 1 aliphatic heterocycles. The molecule has 0 spiro atoms. The Kier molecular flexibility index (Phi) is 2.79. The summed E-state index contributed by atoms with van der Waals surface area (Å²) in [5.41, 5.74) is -1.97. The third kappa shape index (κ3) is 1.45. The Morgan fingerprint density at radius 1 is 1.55 bits per heavy atom. The standard InChI is InChI=1S/C14H16N2O4/c1-2-20-12(18)13-5-3-6-14(13,19)16-11(17)9-8-15-7-4-10(9)13/h4,7-8,19H,2-3,5-6H2,1H3,(H,16,17)/t13-,14+/m0/s1. The molecule has 2 aliphatic rings. The number of carbonyl (C=O) groups excluding carboxylic acids is 2. The van der Waals surface area contributed by atoms with Crippen LogP contribution in [-0.2, 0) is 14.9 Å². The molecule has 2 heterocycles. The van der Waals surface area contributed by atoms with Crippen LogP contribution >= 0.6 is 0 Å². The number of fused-ring (bicyclic) bond motifs is 3. The van der Waals surface area contributed by atoms with Gasteiger partial charge in [0.05, 0.1) is 12.2 Å². The number of ether oxygens (including phenoxy) is 1. The van der Waals surface area contributed by atoms with Gasteiger partial charge in [-0.05, 0) is 37.8 Å².